The van der Waals surface area contributed by atoms with Crippen LogP contribution < -0.4 is 0 Å². The van der Waals surface area contributed by atoms with E-state index in [4.69, 9.17) is 4.18 Å². The zero-order valence-electron chi connectivity index (χ0n) is 11.5. The van der Waals surface area contributed by atoms with Gasteiger partial charge in [0.25, 0.3) is 10.1 Å². The lowest BCUT2D eigenvalue weighted by atomic mass is 9.88. The molecule has 0 N–H and O–H groups in total. The molecule has 0 spiro atoms. The standard InChI is InChI=1S/C15H19BrO3S/c1-10-2-4-13(5-3-10)20(17,18)19-15-8-11-6-12(9-16)14(15)7-11/h2-5,11-12,14-15H,6-9H2,1H3/t11-,12-,14+,15+/m0/s1. The molecule has 0 aliphatic heterocycles. The number of rotatable bonds is 4. The summed E-state index contributed by atoms with van der Waals surface area (Å²) in [5.41, 5.74) is 1.04. The third-order valence-electron chi connectivity index (χ3n) is 4.65. The highest BCUT2D eigenvalue weighted by Gasteiger charge is 2.47. The molecule has 0 saturated heterocycles. The number of fused-ring (bicyclic) bond motifs is 2. The highest BCUT2D eigenvalue weighted by atomic mass is 79.9. The molecule has 110 valence electrons. The van der Waals surface area contributed by atoms with Crippen molar-refractivity contribution in [3.05, 3.63) is 29.8 Å². The largest absolute Gasteiger partial charge is 0.297 e. The molecule has 1 aromatic rings. The van der Waals surface area contributed by atoms with Gasteiger partial charge in [-0.05, 0) is 56.1 Å². The Morgan fingerprint density at radius 1 is 1.20 bits per heavy atom. The molecule has 0 aromatic heterocycles. The van der Waals surface area contributed by atoms with E-state index in [0.29, 0.717) is 17.8 Å². The summed E-state index contributed by atoms with van der Waals surface area (Å²) in [5.74, 6) is 1.59. The van der Waals surface area contributed by atoms with Gasteiger partial charge in [0.2, 0.25) is 0 Å². The molecule has 3 nitrogen and oxygen atoms in total. The quantitative estimate of drug-likeness (QED) is 0.610. The molecule has 2 aliphatic rings. The van der Waals surface area contributed by atoms with Gasteiger partial charge in [-0.25, -0.2) is 0 Å². The normalized spacial score (nSPS) is 32.7. The summed E-state index contributed by atoms with van der Waals surface area (Å²) in [6.45, 7) is 1.94. The Balaban J connectivity index is 1.76. The summed E-state index contributed by atoms with van der Waals surface area (Å²) < 4.78 is 30.2. The Morgan fingerprint density at radius 3 is 2.50 bits per heavy atom. The first-order valence-electron chi connectivity index (χ1n) is 7.05. The van der Waals surface area contributed by atoms with E-state index in [9.17, 15) is 8.42 Å². The SMILES string of the molecule is Cc1ccc(S(=O)(=O)O[C@@H]2C[C@H]3C[C@@H](CBr)[C@H]2C3)cc1. The van der Waals surface area contributed by atoms with E-state index in [-0.39, 0.29) is 11.0 Å². The van der Waals surface area contributed by atoms with E-state index in [0.717, 1.165) is 23.7 Å². The number of hydrogen-bond acceptors (Lipinski definition) is 3. The molecule has 1 aromatic carbocycles. The fourth-order valence-electron chi connectivity index (χ4n) is 3.64. The van der Waals surface area contributed by atoms with Crippen molar-refractivity contribution in [3.8, 4) is 0 Å². The highest BCUT2D eigenvalue weighted by Crippen LogP contribution is 2.50. The number of alkyl halides is 1. The minimum atomic E-state index is -3.63. The first kappa shape index (κ1) is 14.5. The van der Waals surface area contributed by atoms with Crippen molar-refractivity contribution in [3.63, 3.8) is 0 Å². The van der Waals surface area contributed by atoms with Crippen LogP contribution in [0.5, 0.6) is 0 Å². The van der Waals surface area contributed by atoms with Gasteiger partial charge in [-0.15, -0.1) is 0 Å². The third kappa shape index (κ3) is 2.68. The highest BCUT2D eigenvalue weighted by molar-refractivity contribution is 9.09. The molecular weight excluding hydrogens is 340 g/mol. The van der Waals surface area contributed by atoms with Gasteiger partial charge in [0.05, 0.1) is 11.0 Å². The van der Waals surface area contributed by atoms with Crippen LogP contribution in [0.25, 0.3) is 0 Å². The van der Waals surface area contributed by atoms with Crippen molar-refractivity contribution < 1.29 is 12.6 Å². The molecule has 2 bridgehead atoms. The second kappa shape index (κ2) is 5.43. The summed E-state index contributed by atoms with van der Waals surface area (Å²) >= 11 is 3.53. The molecule has 4 atom stereocenters. The topological polar surface area (TPSA) is 43.4 Å². The molecule has 0 unspecified atom stereocenters. The van der Waals surface area contributed by atoms with Crippen molar-refractivity contribution >= 4 is 26.0 Å². The molecule has 20 heavy (non-hydrogen) atoms. The number of halogens is 1. The molecule has 0 heterocycles. The van der Waals surface area contributed by atoms with Gasteiger partial charge in [-0.1, -0.05) is 33.6 Å². The first-order valence-corrected chi connectivity index (χ1v) is 9.58. The molecule has 5 heteroatoms. The van der Waals surface area contributed by atoms with Crippen LogP contribution >= 0.6 is 15.9 Å². The van der Waals surface area contributed by atoms with Crippen LogP contribution in [-0.4, -0.2) is 19.9 Å². The minimum Gasteiger partial charge on any atom is -0.263 e. The van der Waals surface area contributed by atoms with Gasteiger partial charge in [-0.3, -0.25) is 4.18 Å². The van der Waals surface area contributed by atoms with Gasteiger partial charge < -0.3 is 0 Å². The fraction of sp³-hybridized carbons (Fsp3) is 0.600. The lowest BCUT2D eigenvalue weighted by Crippen LogP contribution is -2.30. The molecule has 0 amide bonds. The van der Waals surface area contributed by atoms with E-state index in [1.807, 2.05) is 6.92 Å². The zero-order chi connectivity index (χ0) is 14.3. The summed E-state index contributed by atoms with van der Waals surface area (Å²) in [7, 11) is -3.63. The Labute approximate surface area is 129 Å². The Hall–Kier alpha value is -0.390. The van der Waals surface area contributed by atoms with Crippen molar-refractivity contribution in [1.82, 2.24) is 0 Å². The van der Waals surface area contributed by atoms with Crippen LogP contribution in [0.2, 0.25) is 0 Å². The van der Waals surface area contributed by atoms with Crippen LogP contribution in [0.3, 0.4) is 0 Å². The van der Waals surface area contributed by atoms with Crippen LogP contribution in [-0.2, 0) is 14.3 Å². The molecule has 3 rings (SSSR count). The Bertz CT molecular complexity index is 582. The smallest absolute Gasteiger partial charge is 0.263 e. The van der Waals surface area contributed by atoms with E-state index in [1.54, 1.807) is 24.3 Å². The van der Waals surface area contributed by atoms with Gasteiger partial charge in [0, 0.05) is 5.33 Å². The zero-order valence-corrected chi connectivity index (χ0v) is 13.9. The molecule has 2 fully saturated rings. The Morgan fingerprint density at radius 2 is 1.90 bits per heavy atom. The molecule has 2 aliphatic carbocycles. The van der Waals surface area contributed by atoms with Gasteiger partial charge in [0.15, 0.2) is 0 Å². The number of hydrogen-bond donors (Lipinski definition) is 0. The lowest BCUT2D eigenvalue weighted by molar-refractivity contribution is 0.117. The summed E-state index contributed by atoms with van der Waals surface area (Å²) in [4.78, 5) is 0.265. The van der Waals surface area contributed by atoms with Crippen LogP contribution in [0, 0.1) is 24.7 Å². The van der Waals surface area contributed by atoms with Crippen LogP contribution in [0.15, 0.2) is 29.2 Å². The summed E-state index contributed by atoms with van der Waals surface area (Å²) in [6.07, 6.45) is 3.08. The summed E-state index contributed by atoms with van der Waals surface area (Å²) in [5, 5.41) is 0.943. The van der Waals surface area contributed by atoms with Crippen LogP contribution in [0.4, 0.5) is 0 Å². The number of aryl methyl sites for hydroxylation is 1. The monoisotopic (exact) mass is 358 g/mol. The van der Waals surface area contributed by atoms with Gasteiger partial charge in [0.1, 0.15) is 0 Å². The maximum absolute atomic E-state index is 12.3. The second-order valence-corrected chi connectivity index (χ2v) is 8.27. The average Bonchev–Trinajstić information content (AvgIpc) is 2.97. The third-order valence-corrected chi connectivity index (χ3v) is 6.83. The fourth-order valence-corrected chi connectivity index (χ4v) is 5.51. The lowest BCUT2D eigenvalue weighted by Gasteiger charge is -2.27. The first-order chi connectivity index (χ1) is 9.49. The van der Waals surface area contributed by atoms with Crippen molar-refractivity contribution in [1.29, 1.82) is 0 Å². The summed E-state index contributed by atoms with van der Waals surface area (Å²) in [6, 6.07) is 6.86. The molecule has 2 saturated carbocycles. The maximum Gasteiger partial charge on any atom is 0.297 e. The van der Waals surface area contributed by atoms with E-state index in [1.165, 1.54) is 6.42 Å². The second-order valence-electron chi connectivity index (χ2n) is 6.05. The van der Waals surface area contributed by atoms with Crippen molar-refractivity contribution in [2.75, 3.05) is 5.33 Å². The van der Waals surface area contributed by atoms with Crippen molar-refractivity contribution in [2.24, 2.45) is 17.8 Å². The molecule has 0 radical (unpaired) electrons. The average molecular weight is 359 g/mol. The predicted octanol–water partition coefficient (Wildman–Crippen LogP) is 3.51. The number of benzene rings is 1. The van der Waals surface area contributed by atoms with E-state index in [2.05, 4.69) is 15.9 Å². The minimum absolute atomic E-state index is 0.136. The van der Waals surface area contributed by atoms with Gasteiger partial charge in [-0.2, -0.15) is 8.42 Å². The van der Waals surface area contributed by atoms with Crippen LogP contribution in [0.1, 0.15) is 24.8 Å². The van der Waals surface area contributed by atoms with E-state index >= 15 is 0 Å². The van der Waals surface area contributed by atoms with E-state index < -0.39 is 10.1 Å². The molecular formula is C15H19BrO3S. The van der Waals surface area contributed by atoms with Gasteiger partial charge >= 0.3 is 0 Å². The maximum atomic E-state index is 12.3. The predicted molar refractivity (Wildman–Crippen MR) is 81.4 cm³/mol. The van der Waals surface area contributed by atoms with Crippen molar-refractivity contribution in [2.45, 2.75) is 37.2 Å². The Kier molecular flexibility index (Phi) is 3.95.